The second-order valence-corrected chi connectivity index (χ2v) is 3.61. The van der Waals surface area contributed by atoms with E-state index in [1.165, 1.54) is 0 Å². The summed E-state index contributed by atoms with van der Waals surface area (Å²) in [6.45, 7) is 1.72. The molecule has 96 valence electrons. The Kier molecular flexibility index (Phi) is 2.93. The summed E-state index contributed by atoms with van der Waals surface area (Å²) in [7, 11) is 1.63. The number of nitrogens with one attached hydrogen (secondary N) is 1. The van der Waals surface area contributed by atoms with Gasteiger partial charge in [0.2, 0.25) is 5.95 Å². The molecule has 18 heavy (non-hydrogen) atoms. The van der Waals surface area contributed by atoms with Gasteiger partial charge >= 0.3 is 6.18 Å². The van der Waals surface area contributed by atoms with Crippen LogP contribution in [0.25, 0.3) is 5.82 Å². The zero-order valence-electron chi connectivity index (χ0n) is 9.65. The quantitative estimate of drug-likeness (QED) is 0.894. The maximum Gasteiger partial charge on any atom is 0.419 e. The van der Waals surface area contributed by atoms with Crippen LogP contribution in [0.2, 0.25) is 0 Å². The average Bonchev–Trinajstić information content (AvgIpc) is 2.77. The van der Waals surface area contributed by atoms with Gasteiger partial charge in [0.15, 0.2) is 5.82 Å². The third-order valence-electron chi connectivity index (χ3n) is 2.21. The summed E-state index contributed by atoms with van der Waals surface area (Å²) in [6, 6.07) is 1.55. The molecule has 0 aliphatic carbocycles. The molecule has 0 spiro atoms. The van der Waals surface area contributed by atoms with Gasteiger partial charge < -0.3 is 5.32 Å². The SMILES string of the molecule is CNc1nc(C)cc(-n2cc(C(F)(F)F)cn2)n1. The maximum atomic E-state index is 12.4. The molecule has 0 aromatic carbocycles. The molecule has 2 heterocycles. The molecular weight excluding hydrogens is 247 g/mol. The van der Waals surface area contributed by atoms with Crippen LogP contribution in [0.1, 0.15) is 11.3 Å². The number of anilines is 1. The Morgan fingerprint density at radius 2 is 2.00 bits per heavy atom. The molecule has 0 bridgehead atoms. The van der Waals surface area contributed by atoms with Crippen molar-refractivity contribution in [3.8, 4) is 5.82 Å². The molecule has 0 radical (unpaired) electrons. The maximum absolute atomic E-state index is 12.4. The summed E-state index contributed by atoms with van der Waals surface area (Å²) < 4.78 is 38.4. The second kappa shape index (κ2) is 4.28. The van der Waals surface area contributed by atoms with Crippen LogP contribution in [-0.4, -0.2) is 26.8 Å². The normalized spacial score (nSPS) is 11.6. The lowest BCUT2D eigenvalue weighted by atomic mass is 10.3. The van der Waals surface area contributed by atoms with Gasteiger partial charge in [-0.05, 0) is 6.92 Å². The Hall–Kier alpha value is -2.12. The van der Waals surface area contributed by atoms with E-state index in [1.54, 1.807) is 20.0 Å². The highest BCUT2D eigenvalue weighted by Crippen LogP contribution is 2.29. The summed E-state index contributed by atoms with van der Waals surface area (Å²) in [5.41, 5.74) is -0.182. The van der Waals surface area contributed by atoms with E-state index in [1.807, 2.05) is 0 Å². The van der Waals surface area contributed by atoms with Crippen LogP contribution in [0, 0.1) is 6.92 Å². The molecule has 1 N–H and O–H groups in total. The fraction of sp³-hybridized carbons (Fsp3) is 0.300. The fourth-order valence-electron chi connectivity index (χ4n) is 1.38. The molecule has 0 unspecified atom stereocenters. The van der Waals surface area contributed by atoms with Gasteiger partial charge in [-0.3, -0.25) is 0 Å². The van der Waals surface area contributed by atoms with Gasteiger partial charge in [0.05, 0.1) is 11.8 Å². The first kappa shape index (κ1) is 12.3. The van der Waals surface area contributed by atoms with Crippen molar-refractivity contribution in [1.82, 2.24) is 19.7 Å². The minimum absolute atomic E-state index is 0.280. The van der Waals surface area contributed by atoms with E-state index in [9.17, 15) is 13.2 Å². The van der Waals surface area contributed by atoms with E-state index in [0.717, 1.165) is 17.1 Å². The Labute approximate surface area is 101 Å². The fourth-order valence-corrected chi connectivity index (χ4v) is 1.38. The molecule has 0 atom stereocenters. The van der Waals surface area contributed by atoms with Crippen LogP contribution in [-0.2, 0) is 6.18 Å². The zero-order valence-corrected chi connectivity index (χ0v) is 9.65. The average molecular weight is 257 g/mol. The molecule has 2 aromatic heterocycles. The molecule has 2 rings (SSSR count). The topological polar surface area (TPSA) is 55.6 Å². The molecule has 5 nitrogen and oxygen atoms in total. The summed E-state index contributed by atoms with van der Waals surface area (Å²) in [5, 5.41) is 6.38. The highest BCUT2D eigenvalue weighted by molar-refractivity contribution is 5.34. The Bertz CT molecular complexity index is 561. The first-order valence-corrected chi connectivity index (χ1v) is 5.06. The van der Waals surface area contributed by atoms with Crippen molar-refractivity contribution in [2.75, 3.05) is 12.4 Å². The lowest BCUT2D eigenvalue weighted by Gasteiger charge is -2.05. The van der Waals surface area contributed by atoms with Gasteiger partial charge in [0.1, 0.15) is 0 Å². The van der Waals surface area contributed by atoms with Crippen molar-refractivity contribution in [1.29, 1.82) is 0 Å². The molecule has 0 amide bonds. The van der Waals surface area contributed by atoms with E-state index in [-0.39, 0.29) is 5.82 Å². The number of halogens is 3. The zero-order chi connectivity index (χ0) is 13.3. The molecule has 0 saturated heterocycles. The van der Waals surface area contributed by atoms with Gasteiger partial charge in [0.25, 0.3) is 0 Å². The lowest BCUT2D eigenvalue weighted by molar-refractivity contribution is -0.137. The predicted octanol–water partition coefficient (Wildman–Crippen LogP) is 2.03. The highest BCUT2D eigenvalue weighted by Gasteiger charge is 2.32. The number of hydrogen-bond acceptors (Lipinski definition) is 4. The van der Waals surface area contributed by atoms with Crippen LogP contribution in [0.3, 0.4) is 0 Å². The minimum Gasteiger partial charge on any atom is -0.357 e. The first-order chi connectivity index (χ1) is 8.40. The van der Waals surface area contributed by atoms with Crippen molar-refractivity contribution >= 4 is 5.95 Å². The van der Waals surface area contributed by atoms with Crippen molar-refractivity contribution in [3.63, 3.8) is 0 Å². The van der Waals surface area contributed by atoms with Crippen molar-refractivity contribution in [2.45, 2.75) is 13.1 Å². The van der Waals surface area contributed by atoms with Crippen LogP contribution in [0.15, 0.2) is 18.5 Å². The van der Waals surface area contributed by atoms with E-state index in [2.05, 4.69) is 20.4 Å². The number of aryl methyl sites for hydroxylation is 1. The van der Waals surface area contributed by atoms with Gasteiger partial charge in [0, 0.05) is 25.0 Å². The highest BCUT2D eigenvalue weighted by atomic mass is 19.4. The summed E-state index contributed by atoms with van der Waals surface area (Å²) >= 11 is 0. The van der Waals surface area contributed by atoms with E-state index in [0.29, 0.717) is 11.6 Å². The number of aromatic nitrogens is 4. The van der Waals surface area contributed by atoms with Crippen molar-refractivity contribution in [3.05, 3.63) is 29.7 Å². The Morgan fingerprint density at radius 3 is 2.56 bits per heavy atom. The summed E-state index contributed by atoms with van der Waals surface area (Å²) in [6.07, 6.45) is -2.76. The molecule has 0 fully saturated rings. The molecule has 0 aliphatic heterocycles. The van der Waals surface area contributed by atoms with E-state index >= 15 is 0 Å². The standard InChI is InChI=1S/C10H10F3N5/c1-6-3-8(17-9(14-2)16-6)18-5-7(4-15-18)10(11,12)13/h3-5H,1-2H3,(H,14,16,17). The van der Waals surface area contributed by atoms with Gasteiger partial charge in [-0.2, -0.15) is 23.3 Å². The lowest BCUT2D eigenvalue weighted by Crippen LogP contribution is -2.05. The Morgan fingerprint density at radius 1 is 1.28 bits per heavy atom. The van der Waals surface area contributed by atoms with E-state index in [4.69, 9.17) is 0 Å². The van der Waals surface area contributed by atoms with Crippen molar-refractivity contribution in [2.24, 2.45) is 0 Å². The third-order valence-corrected chi connectivity index (χ3v) is 2.21. The second-order valence-electron chi connectivity index (χ2n) is 3.61. The number of nitrogens with zero attached hydrogens (tertiary/aromatic N) is 4. The van der Waals surface area contributed by atoms with E-state index < -0.39 is 11.7 Å². The van der Waals surface area contributed by atoms with Crippen LogP contribution in [0.4, 0.5) is 19.1 Å². The molecular formula is C10H10F3N5. The number of alkyl halides is 3. The third kappa shape index (κ3) is 2.41. The molecule has 0 aliphatic rings. The molecule has 8 heteroatoms. The first-order valence-electron chi connectivity index (χ1n) is 5.06. The predicted molar refractivity (Wildman–Crippen MR) is 58.4 cm³/mol. The minimum atomic E-state index is -4.41. The van der Waals surface area contributed by atoms with Crippen LogP contribution in [0.5, 0.6) is 0 Å². The largest absolute Gasteiger partial charge is 0.419 e. The van der Waals surface area contributed by atoms with Crippen molar-refractivity contribution < 1.29 is 13.2 Å². The molecule has 0 saturated carbocycles. The Balaban J connectivity index is 2.43. The van der Waals surface area contributed by atoms with Crippen LogP contribution < -0.4 is 5.32 Å². The van der Waals surface area contributed by atoms with Crippen LogP contribution >= 0.6 is 0 Å². The van der Waals surface area contributed by atoms with Gasteiger partial charge in [-0.1, -0.05) is 0 Å². The number of hydrogen-bond donors (Lipinski definition) is 1. The summed E-state index contributed by atoms with van der Waals surface area (Å²) in [4.78, 5) is 8.08. The van der Waals surface area contributed by atoms with Gasteiger partial charge in [-0.15, -0.1) is 0 Å². The molecule has 2 aromatic rings. The number of rotatable bonds is 2. The summed E-state index contributed by atoms with van der Waals surface area (Å²) in [5.74, 6) is 0.608. The monoisotopic (exact) mass is 257 g/mol. The van der Waals surface area contributed by atoms with Gasteiger partial charge in [-0.25, -0.2) is 9.67 Å². The smallest absolute Gasteiger partial charge is 0.357 e.